The van der Waals surface area contributed by atoms with Crippen molar-refractivity contribution in [2.45, 2.75) is 32.7 Å². The molecule has 0 aliphatic heterocycles. The van der Waals surface area contributed by atoms with Crippen molar-refractivity contribution in [1.82, 2.24) is 4.90 Å². The first-order chi connectivity index (χ1) is 7.40. The summed E-state index contributed by atoms with van der Waals surface area (Å²) in [6, 6.07) is 7.52. The lowest BCUT2D eigenvalue weighted by Crippen LogP contribution is -2.44. The summed E-state index contributed by atoms with van der Waals surface area (Å²) in [6.07, 6.45) is 0.930. The van der Waals surface area contributed by atoms with Gasteiger partial charge in [0, 0.05) is 17.1 Å². The van der Waals surface area contributed by atoms with Crippen molar-refractivity contribution < 1.29 is 4.79 Å². The first-order valence-electron chi connectivity index (χ1n) is 5.43. The van der Waals surface area contributed by atoms with E-state index >= 15 is 0 Å². The van der Waals surface area contributed by atoms with Crippen LogP contribution in [0.15, 0.2) is 28.7 Å². The Labute approximate surface area is 106 Å². The molecular formula is C13H18BrNO. The van der Waals surface area contributed by atoms with Gasteiger partial charge in [0.05, 0.1) is 5.56 Å². The van der Waals surface area contributed by atoms with E-state index in [1.807, 2.05) is 31.3 Å². The Balaban J connectivity index is 3.00. The van der Waals surface area contributed by atoms with Gasteiger partial charge in [-0.3, -0.25) is 4.79 Å². The van der Waals surface area contributed by atoms with Crippen LogP contribution in [0.25, 0.3) is 0 Å². The molecule has 16 heavy (non-hydrogen) atoms. The van der Waals surface area contributed by atoms with Crippen LogP contribution >= 0.6 is 15.9 Å². The smallest absolute Gasteiger partial charge is 0.255 e. The Hall–Kier alpha value is -0.830. The fourth-order valence-corrected chi connectivity index (χ4v) is 1.78. The van der Waals surface area contributed by atoms with Crippen LogP contribution in [0.2, 0.25) is 0 Å². The first kappa shape index (κ1) is 13.2. The van der Waals surface area contributed by atoms with Gasteiger partial charge >= 0.3 is 0 Å². The quantitative estimate of drug-likeness (QED) is 0.828. The number of carbonyl (C=O) groups is 1. The van der Waals surface area contributed by atoms with E-state index in [1.54, 1.807) is 4.90 Å². The first-order valence-corrected chi connectivity index (χ1v) is 6.22. The molecule has 0 radical (unpaired) electrons. The summed E-state index contributed by atoms with van der Waals surface area (Å²) >= 11 is 3.41. The van der Waals surface area contributed by atoms with Crippen molar-refractivity contribution in [2.75, 3.05) is 7.05 Å². The van der Waals surface area contributed by atoms with E-state index < -0.39 is 0 Å². The van der Waals surface area contributed by atoms with Crippen LogP contribution in [0.5, 0.6) is 0 Å². The average Bonchev–Trinajstić information content (AvgIpc) is 2.27. The minimum Gasteiger partial charge on any atom is -0.337 e. The van der Waals surface area contributed by atoms with Gasteiger partial charge < -0.3 is 4.90 Å². The van der Waals surface area contributed by atoms with Crippen LogP contribution in [-0.4, -0.2) is 23.4 Å². The molecule has 0 aromatic heterocycles. The fourth-order valence-electron chi connectivity index (χ4n) is 1.33. The van der Waals surface area contributed by atoms with Crippen molar-refractivity contribution in [2.24, 2.45) is 0 Å². The number of carbonyl (C=O) groups excluding carboxylic acids is 1. The fraction of sp³-hybridized carbons (Fsp3) is 0.462. The third-order valence-electron chi connectivity index (χ3n) is 3.18. The maximum atomic E-state index is 12.3. The number of benzene rings is 1. The molecule has 0 aliphatic carbocycles. The molecule has 88 valence electrons. The molecule has 0 atom stereocenters. The number of hydrogen-bond acceptors (Lipinski definition) is 1. The molecule has 0 spiro atoms. The Morgan fingerprint density at radius 3 is 2.44 bits per heavy atom. The summed E-state index contributed by atoms with van der Waals surface area (Å²) in [5.41, 5.74) is 0.596. The number of rotatable bonds is 3. The molecule has 0 fully saturated rings. The van der Waals surface area contributed by atoms with Crippen molar-refractivity contribution >= 4 is 21.8 Å². The van der Waals surface area contributed by atoms with Crippen molar-refractivity contribution in [3.05, 3.63) is 34.3 Å². The van der Waals surface area contributed by atoms with Gasteiger partial charge in [-0.05, 0) is 48.3 Å². The molecule has 1 aromatic carbocycles. The molecule has 0 saturated heterocycles. The average molecular weight is 284 g/mol. The maximum Gasteiger partial charge on any atom is 0.255 e. The highest BCUT2D eigenvalue weighted by molar-refractivity contribution is 9.10. The Bertz CT molecular complexity index is 387. The number of halogens is 1. The standard InChI is InChI=1S/C13H18BrNO/c1-5-13(2,3)15(4)12(16)10-8-6-7-9-11(10)14/h6-9H,5H2,1-4H3. The zero-order chi connectivity index (χ0) is 12.3. The predicted molar refractivity (Wildman–Crippen MR) is 70.6 cm³/mol. The van der Waals surface area contributed by atoms with E-state index in [-0.39, 0.29) is 11.4 Å². The van der Waals surface area contributed by atoms with E-state index in [9.17, 15) is 4.79 Å². The van der Waals surface area contributed by atoms with Gasteiger partial charge in [-0.15, -0.1) is 0 Å². The van der Waals surface area contributed by atoms with Gasteiger partial charge in [-0.2, -0.15) is 0 Å². The summed E-state index contributed by atoms with van der Waals surface area (Å²) < 4.78 is 0.846. The molecule has 0 saturated carbocycles. The lowest BCUT2D eigenvalue weighted by atomic mass is 9.99. The van der Waals surface area contributed by atoms with E-state index in [2.05, 4.69) is 36.7 Å². The van der Waals surface area contributed by atoms with Crippen molar-refractivity contribution in [3.8, 4) is 0 Å². The van der Waals surface area contributed by atoms with Crippen LogP contribution in [0, 0.1) is 0 Å². The van der Waals surface area contributed by atoms with Crippen LogP contribution in [-0.2, 0) is 0 Å². The lowest BCUT2D eigenvalue weighted by Gasteiger charge is -2.35. The van der Waals surface area contributed by atoms with E-state index in [0.717, 1.165) is 10.9 Å². The summed E-state index contributed by atoms with van der Waals surface area (Å²) in [6.45, 7) is 6.23. The highest BCUT2D eigenvalue weighted by Gasteiger charge is 2.27. The molecule has 2 nitrogen and oxygen atoms in total. The highest BCUT2D eigenvalue weighted by Crippen LogP contribution is 2.23. The van der Waals surface area contributed by atoms with E-state index in [4.69, 9.17) is 0 Å². The lowest BCUT2D eigenvalue weighted by molar-refractivity contribution is 0.0619. The topological polar surface area (TPSA) is 20.3 Å². The number of nitrogens with zero attached hydrogens (tertiary/aromatic N) is 1. The minimum absolute atomic E-state index is 0.0549. The van der Waals surface area contributed by atoms with Crippen molar-refractivity contribution in [3.63, 3.8) is 0 Å². The Morgan fingerprint density at radius 1 is 1.38 bits per heavy atom. The van der Waals surface area contributed by atoms with Gasteiger partial charge in [0.1, 0.15) is 0 Å². The van der Waals surface area contributed by atoms with Gasteiger partial charge in [0.25, 0.3) is 5.91 Å². The molecule has 0 aliphatic rings. The van der Waals surface area contributed by atoms with E-state index in [0.29, 0.717) is 5.56 Å². The van der Waals surface area contributed by atoms with E-state index in [1.165, 1.54) is 0 Å². The normalized spacial score (nSPS) is 11.3. The SMILES string of the molecule is CCC(C)(C)N(C)C(=O)c1ccccc1Br. The maximum absolute atomic E-state index is 12.3. The molecule has 1 amide bonds. The summed E-state index contributed by atoms with van der Waals surface area (Å²) in [7, 11) is 1.85. The molecule has 0 N–H and O–H groups in total. The zero-order valence-electron chi connectivity index (χ0n) is 10.2. The van der Waals surface area contributed by atoms with Crippen LogP contribution in [0.3, 0.4) is 0 Å². The predicted octanol–water partition coefficient (Wildman–Crippen LogP) is 3.71. The second kappa shape index (κ2) is 5.00. The monoisotopic (exact) mass is 283 g/mol. The molecule has 1 rings (SSSR count). The Kier molecular flexibility index (Phi) is 4.14. The van der Waals surface area contributed by atoms with Gasteiger partial charge in [-0.25, -0.2) is 0 Å². The molecule has 3 heteroatoms. The van der Waals surface area contributed by atoms with Crippen molar-refractivity contribution in [1.29, 1.82) is 0 Å². The van der Waals surface area contributed by atoms with Gasteiger partial charge in [-0.1, -0.05) is 19.1 Å². The molecule has 1 aromatic rings. The minimum atomic E-state index is -0.119. The zero-order valence-corrected chi connectivity index (χ0v) is 11.8. The summed E-state index contributed by atoms with van der Waals surface area (Å²) in [4.78, 5) is 14.1. The second-order valence-corrected chi connectivity index (χ2v) is 5.36. The second-order valence-electron chi connectivity index (χ2n) is 4.51. The summed E-state index contributed by atoms with van der Waals surface area (Å²) in [5.74, 6) is 0.0549. The molecule has 0 heterocycles. The van der Waals surface area contributed by atoms with Crippen LogP contribution in [0.4, 0.5) is 0 Å². The molecule has 0 bridgehead atoms. The van der Waals surface area contributed by atoms with Gasteiger partial charge in [0.2, 0.25) is 0 Å². The third kappa shape index (κ3) is 2.64. The van der Waals surface area contributed by atoms with Crippen LogP contribution in [0.1, 0.15) is 37.6 Å². The molecule has 0 unspecified atom stereocenters. The van der Waals surface area contributed by atoms with Crippen LogP contribution < -0.4 is 0 Å². The molecular weight excluding hydrogens is 266 g/mol. The van der Waals surface area contributed by atoms with Gasteiger partial charge in [0.15, 0.2) is 0 Å². The number of hydrogen-bond donors (Lipinski definition) is 0. The third-order valence-corrected chi connectivity index (χ3v) is 3.87. The summed E-state index contributed by atoms with van der Waals surface area (Å²) in [5, 5.41) is 0. The largest absolute Gasteiger partial charge is 0.337 e. The highest BCUT2D eigenvalue weighted by atomic mass is 79.9. The number of amides is 1. The Morgan fingerprint density at radius 2 is 1.94 bits per heavy atom.